The van der Waals surface area contributed by atoms with Gasteiger partial charge in [-0.05, 0) is 0 Å². The van der Waals surface area contributed by atoms with Gasteiger partial charge in [-0.1, -0.05) is 0 Å². The van der Waals surface area contributed by atoms with Crippen LogP contribution >= 0.6 is 8.85 Å². The first-order chi connectivity index (χ1) is 1.73. The Labute approximate surface area is 51.2 Å². The van der Waals surface area contributed by atoms with Gasteiger partial charge in [-0.25, -0.2) is 0 Å². The normalized spacial score (nSPS) is 7.20. The largest absolute Gasteiger partial charge is 0.456 e. The first-order valence-corrected chi connectivity index (χ1v) is 1.52. The molecule has 0 aromatic rings. The summed E-state index contributed by atoms with van der Waals surface area (Å²) in [4.78, 5) is 0. The Morgan fingerprint density at radius 1 is 1.00 bits per heavy atom. The van der Waals surface area contributed by atoms with E-state index in [1.54, 1.807) is 0 Å². The maximum Gasteiger partial charge on any atom is 0.456 e. The molecule has 0 heterocycles. The van der Waals surface area contributed by atoms with Crippen molar-refractivity contribution in [2.24, 2.45) is 0 Å². The third-order valence-corrected chi connectivity index (χ3v) is 0. The molecule has 1 radical (unpaired) electrons. The molecule has 0 rings (SSSR count). The van der Waals surface area contributed by atoms with Crippen molar-refractivity contribution in [1.29, 1.82) is 0 Å². The molecule has 5 heavy (non-hydrogen) atoms. The van der Waals surface area contributed by atoms with Crippen LogP contribution in [0.5, 0.6) is 0 Å². The smallest absolute Gasteiger partial charge is 0.152 e. The SMILES string of the molecule is FP(F)F.[Na]. The van der Waals surface area contributed by atoms with Gasteiger partial charge in [0.1, 0.15) is 0 Å². The molecule has 0 aliphatic heterocycles. The van der Waals surface area contributed by atoms with E-state index in [1.807, 2.05) is 0 Å². The van der Waals surface area contributed by atoms with E-state index in [0.29, 0.717) is 0 Å². The molecular weight excluding hydrogens is 111 g/mol. The van der Waals surface area contributed by atoms with E-state index in [0.717, 1.165) is 0 Å². The van der Waals surface area contributed by atoms with Crippen LogP contribution in [0.15, 0.2) is 0 Å². The van der Waals surface area contributed by atoms with Crippen LogP contribution in [-0.2, 0) is 0 Å². The quantitative estimate of drug-likeness (QED) is 0.330. The summed E-state index contributed by atoms with van der Waals surface area (Å²) in [6, 6.07) is 0. The predicted octanol–water partition coefficient (Wildman–Crippen LogP) is 1.74. The molecule has 0 saturated heterocycles. The van der Waals surface area contributed by atoms with Crippen LogP contribution < -0.4 is 0 Å². The van der Waals surface area contributed by atoms with Crippen LogP contribution in [0.1, 0.15) is 0 Å². The van der Waals surface area contributed by atoms with E-state index in [9.17, 15) is 12.6 Å². The second-order valence-electron chi connectivity index (χ2n) is 0.192. The fraction of sp³-hybridized carbons (Fsp3) is 0. The van der Waals surface area contributed by atoms with Crippen molar-refractivity contribution in [2.75, 3.05) is 0 Å². The van der Waals surface area contributed by atoms with Crippen LogP contribution in [0.2, 0.25) is 0 Å². The van der Waals surface area contributed by atoms with Gasteiger partial charge in [0.2, 0.25) is 0 Å². The molecule has 27 valence electrons. The number of halogens is 3. The van der Waals surface area contributed by atoms with Gasteiger partial charge in [-0.2, -0.15) is 12.6 Å². The zero-order valence-electron chi connectivity index (χ0n) is 2.58. The summed E-state index contributed by atoms with van der Waals surface area (Å²) in [6.07, 6.45) is 0. The molecule has 0 saturated carbocycles. The topological polar surface area (TPSA) is 0 Å². The average Bonchev–Trinajstić information content (AvgIpc) is 0.811. The van der Waals surface area contributed by atoms with Gasteiger partial charge in [-0.3, -0.25) is 0 Å². The molecule has 0 unspecified atom stereocenters. The van der Waals surface area contributed by atoms with Crippen molar-refractivity contribution in [1.82, 2.24) is 0 Å². The second-order valence-corrected chi connectivity index (χ2v) is 0.575. The van der Waals surface area contributed by atoms with Crippen molar-refractivity contribution in [3.8, 4) is 0 Å². The fourth-order valence-electron chi connectivity index (χ4n) is 0. The first-order valence-electron chi connectivity index (χ1n) is 0.507. The molecule has 5 heteroatoms. The Morgan fingerprint density at radius 3 is 1.00 bits per heavy atom. The minimum Gasteiger partial charge on any atom is -0.152 e. The number of hydrogen-bond donors (Lipinski definition) is 0. The number of hydrogen-bond acceptors (Lipinski definition) is 0. The minimum absolute atomic E-state index is 0. The maximum absolute atomic E-state index is 9.73. The summed E-state index contributed by atoms with van der Waals surface area (Å²) in [5.41, 5.74) is 0. The Balaban J connectivity index is 0. The molecule has 0 aromatic carbocycles. The third-order valence-electron chi connectivity index (χ3n) is 0. The number of rotatable bonds is 0. The molecule has 0 bridgehead atoms. The van der Waals surface area contributed by atoms with Crippen molar-refractivity contribution >= 4 is 38.4 Å². The summed E-state index contributed by atoms with van der Waals surface area (Å²) in [6.45, 7) is 0. The Bertz CT molecular complexity index is 11.6. The summed E-state index contributed by atoms with van der Waals surface area (Å²) < 4.78 is 29.2. The van der Waals surface area contributed by atoms with Crippen LogP contribution in [0.4, 0.5) is 12.6 Å². The molecule has 0 fully saturated rings. The summed E-state index contributed by atoms with van der Waals surface area (Å²) in [5, 5.41) is 0. The molecule has 0 nitrogen and oxygen atoms in total. The Hall–Kier alpha value is 1.22. The van der Waals surface area contributed by atoms with Crippen molar-refractivity contribution in [3.63, 3.8) is 0 Å². The van der Waals surface area contributed by atoms with Gasteiger partial charge in [0.25, 0.3) is 0 Å². The van der Waals surface area contributed by atoms with Gasteiger partial charge in [0, 0.05) is 29.6 Å². The average molecular weight is 111 g/mol. The van der Waals surface area contributed by atoms with Gasteiger partial charge in [0.05, 0.1) is 0 Å². The molecule has 0 spiro atoms. The van der Waals surface area contributed by atoms with Crippen LogP contribution in [0.25, 0.3) is 0 Å². The fourth-order valence-corrected chi connectivity index (χ4v) is 0. The van der Waals surface area contributed by atoms with Gasteiger partial charge >= 0.3 is 8.85 Å². The van der Waals surface area contributed by atoms with Crippen molar-refractivity contribution < 1.29 is 12.6 Å². The van der Waals surface area contributed by atoms with Gasteiger partial charge < -0.3 is 0 Å². The molecule has 0 aromatic heterocycles. The monoisotopic (exact) mass is 111 g/mol. The van der Waals surface area contributed by atoms with Crippen molar-refractivity contribution in [2.45, 2.75) is 0 Å². The Morgan fingerprint density at radius 2 is 1.00 bits per heavy atom. The second kappa shape index (κ2) is 5.22. The Kier molecular flexibility index (Phi) is 9.94. The first kappa shape index (κ1) is 9.52. The van der Waals surface area contributed by atoms with Gasteiger partial charge in [0.15, 0.2) is 0 Å². The van der Waals surface area contributed by atoms with Crippen LogP contribution in [-0.4, -0.2) is 29.6 Å². The predicted molar refractivity (Wildman–Crippen MR) is 16.0 cm³/mol. The van der Waals surface area contributed by atoms with E-state index in [1.165, 1.54) is 0 Å². The zero-order chi connectivity index (χ0) is 3.58. The van der Waals surface area contributed by atoms with E-state index >= 15 is 0 Å². The standard InChI is InChI=1S/F3P.Na/c1-4(2)3;. The summed E-state index contributed by atoms with van der Waals surface area (Å²) in [7, 11) is -4.12. The minimum atomic E-state index is -4.12. The third kappa shape index (κ3) is 36.4. The molecule has 0 aliphatic rings. The molecule has 0 N–H and O–H groups in total. The molecule has 0 amide bonds. The maximum atomic E-state index is 9.73. The van der Waals surface area contributed by atoms with Crippen LogP contribution in [0, 0.1) is 0 Å². The molecular formula is F3NaP. The molecule has 0 aliphatic carbocycles. The van der Waals surface area contributed by atoms with E-state index in [-0.39, 0.29) is 29.6 Å². The zero-order valence-corrected chi connectivity index (χ0v) is 5.48. The molecule has 0 atom stereocenters. The van der Waals surface area contributed by atoms with Crippen molar-refractivity contribution in [3.05, 3.63) is 0 Å². The summed E-state index contributed by atoms with van der Waals surface area (Å²) in [5.74, 6) is 0. The van der Waals surface area contributed by atoms with Crippen LogP contribution in [0.3, 0.4) is 0 Å². The van der Waals surface area contributed by atoms with E-state index in [2.05, 4.69) is 0 Å². The summed E-state index contributed by atoms with van der Waals surface area (Å²) >= 11 is 0. The van der Waals surface area contributed by atoms with E-state index < -0.39 is 8.85 Å². The van der Waals surface area contributed by atoms with Gasteiger partial charge in [-0.15, -0.1) is 0 Å². The van der Waals surface area contributed by atoms with E-state index in [4.69, 9.17) is 0 Å².